The molecule has 1 aromatic rings. The lowest BCUT2D eigenvalue weighted by molar-refractivity contribution is -0.117. The van der Waals surface area contributed by atoms with Gasteiger partial charge in [0.05, 0.1) is 14.2 Å². The van der Waals surface area contributed by atoms with Crippen molar-refractivity contribution in [3.63, 3.8) is 0 Å². The van der Waals surface area contributed by atoms with Crippen LogP contribution in [0.25, 0.3) is 0 Å². The van der Waals surface area contributed by atoms with Crippen molar-refractivity contribution >= 4 is 5.78 Å². The van der Waals surface area contributed by atoms with Gasteiger partial charge in [0.2, 0.25) is 0 Å². The molecule has 0 saturated heterocycles. The zero-order chi connectivity index (χ0) is 11.5. The Hall–Kier alpha value is -1.51. The molecule has 1 aliphatic carbocycles. The van der Waals surface area contributed by atoms with E-state index in [0.717, 1.165) is 23.5 Å². The molecule has 0 N–H and O–H groups in total. The molecule has 1 unspecified atom stereocenters. The molecular weight excluding hydrogens is 204 g/mol. The number of ether oxygens (including phenoxy) is 2. The predicted molar refractivity (Wildman–Crippen MR) is 61.1 cm³/mol. The highest BCUT2D eigenvalue weighted by Crippen LogP contribution is 2.38. The van der Waals surface area contributed by atoms with Crippen LogP contribution in [0, 0.1) is 0 Å². The fourth-order valence-electron chi connectivity index (χ4n) is 2.24. The Morgan fingerprint density at radius 2 is 2.06 bits per heavy atom. The molecule has 0 amide bonds. The Bertz CT molecular complexity index is 398. The van der Waals surface area contributed by atoms with Gasteiger partial charge in [-0.15, -0.1) is 0 Å². The number of benzene rings is 1. The molecule has 86 valence electrons. The molecule has 1 atom stereocenters. The van der Waals surface area contributed by atoms with Crippen LogP contribution >= 0.6 is 0 Å². The highest BCUT2D eigenvalue weighted by molar-refractivity contribution is 5.81. The first-order valence-electron chi connectivity index (χ1n) is 5.48. The quantitative estimate of drug-likeness (QED) is 0.785. The molecule has 3 heteroatoms. The van der Waals surface area contributed by atoms with Crippen LogP contribution in [-0.2, 0) is 4.79 Å². The minimum absolute atomic E-state index is 0.289. The largest absolute Gasteiger partial charge is 0.497 e. The molecule has 0 aliphatic heterocycles. The van der Waals surface area contributed by atoms with Gasteiger partial charge >= 0.3 is 0 Å². The van der Waals surface area contributed by atoms with Crippen molar-refractivity contribution in [2.24, 2.45) is 0 Å². The molecule has 0 aromatic heterocycles. The Kier molecular flexibility index (Phi) is 3.13. The van der Waals surface area contributed by atoms with Gasteiger partial charge in [-0.3, -0.25) is 4.79 Å². The topological polar surface area (TPSA) is 35.5 Å². The standard InChI is InChI=1S/C13H16O3/c1-15-11-5-6-13(16-2)12(8-11)9-3-4-10(14)7-9/h5-6,8-9H,3-4,7H2,1-2H3. The summed E-state index contributed by atoms with van der Waals surface area (Å²) in [4.78, 5) is 11.3. The molecular formula is C13H16O3. The van der Waals surface area contributed by atoms with E-state index in [1.807, 2.05) is 18.2 Å². The molecule has 1 fully saturated rings. The average molecular weight is 220 g/mol. The van der Waals surface area contributed by atoms with Gasteiger partial charge in [-0.2, -0.15) is 0 Å². The van der Waals surface area contributed by atoms with E-state index in [0.29, 0.717) is 18.6 Å². The van der Waals surface area contributed by atoms with Crippen LogP contribution in [0.5, 0.6) is 11.5 Å². The van der Waals surface area contributed by atoms with Crippen molar-refractivity contribution in [3.05, 3.63) is 23.8 Å². The molecule has 1 aliphatic rings. The molecule has 3 nitrogen and oxygen atoms in total. The summed E-state index contributed by atoms with van der Waals surface area (Å²) in [6.07, 6.45) is 2.23. The van der Waals surface area contributed by atoms with Crippen LogP contribution in [0.2, 0.25) is 0 Å². The van der Waals surface area contributed by atoms with Crippen molar-refractivity contribution in [1.29, 1.82) is 0 Å². The first kappa shape index (κ1) is 11.0. The number of carbonyl (C=O) groups is 1. The molecule has 0 radical (unpaired) electrons. The van der Waals surface area contributed by atoms with Crippen molar-refractivity contribution in [1.82, 2.24) is 0 Å². The number of Topliss-reactive ketones (excluding diaryl/α,β-unsaturated/α-hetero) is 1. The van der Waals surface area contributed by atoms with Crippen LogP contribution in [0.4, 0.5) is 0 Å². The summed E-state index contributed by atoms with van der Waals surface area (Å²) < 4.78 is 10.5. The van der Waals surface area contributed by atoms with Crippen molar-refractivity contribution in [2.45, 2.75) is 25.2 Å². The van der Waals surface area contributed by atoms with E-state index in [-0.39, 0.29) is 5.92 Å². The third-order valence-electron chi connectivity index (χ3n) is 3.12. The first-order valence-corrected chi connectivity index (χ1v) is 5.48. The lowest BCUT2D eigenvalue weighted by Gasteiger charge is -2.14. The smallest absolute Gasteiger partial charge is 0.133 e. The molecule has 1 aromatic carbocycles. The number of rotatable bonds is 3. The normalized spacial score (nSPS) is 19.9. The average Bonchev–Trinajstić information content (AvgIpc) is 2.75. The van der Waals surface area contributed by atoms with E-state index in [2.05, 4.69) is 0 Å². The van der Waals surface area contributed by atoms with E-state index >= 15 is 0 Å². The number of carbonyl (C=O) groups excluding carboxylic acids is 1. The number of methoxy groups -OCH3 is 2. The van der Waals surface area contributed by atoms with Gasteiger partial charge in [-0.25, -0.2) is 0 Å². The van der Waals surface area contributed by atoms with Gasteiger partial charge < -0.3 is 9.47 Å². The van der Waals surface area contributed by atoms with Crippen LogP contribution in [0.1, 0.15) is 30.7 Å². The zero-order valence-corrected chi connectivity index (χ0v) is 9.66. The fourth-order valence-corrected chi connectivity index (χ4v) is 2.24. The van der Waals surface area contributed by atoms with E-state index < -0.39 is 0 Å². The lowest BCUT2D eigenvalue weighted by Crippen LogP contribution is -1.99. The van der Waals surface area contributed by atoms with Gasteiger partial charge in [0, 0.05) is 18.4 Å². The lowest BCUT2D eigenvalue weighted by atomic mass is 9.96. The Balaban J connectivity index is 2.33. The highest BCUT2D eigenvalue weighted by atomic mass is 16.5. The Morgan fingerprint density at radius 1 is 1.25 bits per heavy atom. The van der Waals surface area contributed by atoms with Crippen LogP contribution in [-0.4, -0.2) is 20.0 Å². The van der Waals surface area contributed by atoms with E-state index in [4.69, 9.17) is 9.47 Å². The maximum Gasteiger partial charge on any atom is 0.133 e. The Morgan fingerprint density at radius 3 is 2.62 bits per heavy atom. The van der Waals surface area contributed by atoms with Crippen molar-refractivity contribution in [2.75, 3.05) is 14.2 Å². The maximum absolute atomic E-state index is 11.3. The Labute approximate surface area is 95.4 Å². The first-order chi connectivity index (χ1) is 7.74. The summed E-state index contributed by atoms with van der Waals surface area (Å²) in [6.45, 7) is 0. The summed E-state index contributed by atoms with van der Waals surface area (Å²) in [5, 5.41) is 0. The van der Waals surface area contributed by atoms with Crippen LogP contribution in [0.3, 0.4) is 0 Å². The maximum atomic E-state index is 11.3. The van der Waals surface area contributed by atoms with Gasteiger partial charge in [-0.1, -0.05) is 0 Å². The van der Waals surface area contributed by atoms with Gasteiger partial charge in [0.25, 0.3) is 0 Å². The number of hydrogen-bond donors (Lipinski definition) is 0. The molecule has 0 bridgehead atoms. The SMILES string of the molecule is COc1ccc(OC)c(C2CCC(=O)C2)c1. The van der Waals surface area contributed by atoms with Gasteiger partial charge in [0.1, 0.15) is 17.3 Å². The number of hydrogen-bond acceptors (Lipinski definition) is 3. The monoisotopic (exact) mass is 220 g/mol. The predicted octanol–water partition coefficient (Wildman–Crippen LogP) is 2.54. The summed E-state index contributed by atoms with van der Waals surface area (Å²) in [5.41, 5.74) is 1.09. The third-order valence-corrected chi connectivity index (χ3v) is 3.12. The fraction of sp³-hybridized carbons (Fsp3) is 0.462. The second kappa shape index (κ2) is 4.56. The summed E-state index contributed by atoms with van der Waals surface area (Å²) in [5.74, 6) is 2.29. The van der Waals surface area contributed by atoms with Crippen LogP contribution < -0.4 is 9.47 Å². The molecule has 2 rings (SSSR count). The minimum atomic E-state index is 0.289. The summed E-state index contributed by atoms with van der Waals surface area (Å²) >= 11 is 0. The number of ketones is 1. The highest BCUT2D eigenvalue weighted by Gasteiger charge is 2.26. The molecule has 16 heavy (non-hydrogen) atoms. The summed E-state index contributed by atoms with van der Waals surface area (Å²) in [7, 11) is 3.30. The van der Waals surface area contributed by atoms with Gasteiger partial charge in [-0.05, 0) is 30.5 Å². The van der Waals surface area contributed by atoms with E-state index in [1.54, 1.807) is 14.2 Å². The minimum Gasteiger partial charge on any atom is -0.497 e. The molecule has 0 heterocycles. The van der Waals surface area contributed by atoms with E-state index in [1.165, 1.54) is 0 Å². The van der Waals surface area contributed by atoms with E-state index in [9.17, 15) is 4.79 Å². The second-order valence-electron chi connectivity index (χ2n) is 4.09. The van der Waals surface area contributed by atoms with Gasteiger partial charge in [0.15, 0.2) is 0 Å². The zero-order valence-electron chi connectivity index (χ0n) is 9.66. The molecule has 1 saturated carbocycles. The van der Waals surface area contributed by atoms with Crippen molar-refractivity contribution in [3.8, 4) is 11.5 Å². The second-order valence-corrected chi connectivity index (χ2v) is 4.09. The molecule has 0 spiro atoms. The third kappa shape index (κ3) is 2.03. The van der Waals surface area contributed by atoms with Crippen LogP contribution in [0.15, 0.2) is 18.2 Å². The summed E-state index contributed by atoms with van der Waals surface area (Å²) in [6, 6.07) is 5.75. The van der Waals surface area contributed by atoms with Crippen molar-refractivity contribution < 1.29 is 14.3 Å².